The number of carbonyl (C=O) groups is 1. The van der Waals surface area contributed by atoms with Gasteiger partial charge in [-0.05, 0) is 6.92 Å². The molecule has 0 aromatic heterocycles. The summed E-state index contributed by atoms with van der Waals surface area (Å²) in [5, 5.41) is 10.1. The second-order valence-electron chi connectivity index (χ2n) is 3.22. The lowest BCUT2D eigenvalue weighted by Crippen LogP contribution is -2.54. The number of esters is 1. The Bertz CT molecular complexity index is 391. The number of nitrogens with zero attached hydrogens (tertiary/aromatic N) is 2. The highest BCUT2D eigenvalue weighted by Gasteiger charge is 2.53. The van der Waals surface area contributed by atoms with Crippen LogP contribution in [0.1, 0.15) is 6.92 Å². The third-order valence-electron chi connectivity index (χ3n) is 2.06. The van der Waals surface area contributed by atoms with Crippen LogP contribution in [0.3, 0.4) is 0 Å². The first-order chi connectivity index (χ1) is 6.83. The van der Waals surface area contributed by atoms with Crippen LogP contribution in [-0.2, 0) is 19.6 Å². The number of hydrazone groups is 1. The van der Waals surface area contributed by atoms with Crippen molar-refractivity contribution in [2.45, 2.75) is 11.7 Å². The van der Waals surface area contributed by atoms with E-state index >= 15 is 0 Å². The van der Waals surface area contributed by atoms with Crippen molar-refractivity contribution in [2.75, 3.05) is 20.2 Å². The molecular formula is C7H13N3O4S. The van der Waals surface area contributed by atoms with Gasteiger partial charge in [0.1, 0.15) is 0 Å². The van der Waals surface area contributed by atoms with E-state index in [1.165, 1.54) is 5.01 Å². The molecule has 15 heavy (non-hydrogen) atoms. The van der Waals surface area contributed by atoms with Gasteiger partial charge >= 0.3 is 5.97 Å². The fourth-order valence-electron chi connectivity index (χ4n) is 1.26. The summed E-state index contributed by atoms with van der Waals surface area (Å²) in [7, 11) is -2.54. The van der Waals surface area contributed by atoms with Crippen molar-refractivity contribution in [1.29, 1.82) is 0 Å². The normalized spacial score (nSPS) is 25.7. The van der Waals surface area contributed by atoms with Crippen molar-refractivity contribution in [3.05, 3.63) is 0 Å². The van der Waals surface area contributed by atoms with Crippen LogP contribution in [0.5, 0.6) is 0 Å². The molecule has 0 aromatic rings. The lowest BCUT2D eigenvalue weighted by molar-refractivity contribution is -0.144. The summed E-state index contributed by atoms with van der Waals surface area (Å²) < 4.78 is 25.6. The third-order valence-corrected chi connectivity index (χ3v) is 3.47. The molecule has 1 aliphatic heterocycles. The van der Waals surface area contributed by atoms with Gasteiger partial charge in [-0.15, -0.1) is 0 Å². The molecule has 0 aliphatic carbocycles. The maximum absolute atomic E-state index is 11.6. The van der Waals surface area contributed by atoms with Gasteiger partial charge in [-0.1, -0.05) is 0 Å². The van der Waals surface area contributed by atoms with Crippen LogP contribution in [0.25, 0.3) is 0 Å². The van der Waals surface area contributed by atoms with Crippen molar-refractivity contribution in [2.24, 2.45) is 10.2 Å². The molecule has 0 bridgehead atoms. The summed E-state index contributed by atoms with van der Waals surface area (Å²) in [5.41, 5.74) is 0. The molecule has 1 rings (SSSR count). The molecule has 0 spiro atoms. The Labute approximate surface area is 87.9 Å². The Hall–Kier alpha value is -1.15. The zero-order valence-corrected chi connectivity index (χ0v) is 9.32. The molecule has 0 saturated carbocycles. The van der Waals surface area contributed by atoms with E-state index in [2.05, 4.69) is 9.84 Å². The van der Waals surface area contributed by atoms with Crippen molar-refractivity contribution >= 4 is 22.2 Å². The number of carbonyl (C=O) groups excluding carboxylic acids is 1. The standard InChI is InChI=1S/C7H13N3O4S/c1-3-14-6(11)7(15(8,12)13)4-9-10(2)5-7/h4H,3,5H2,1-2H3,(H2,8,12,13). The zero-order valence-electron chi connectivity index (χ0n) is 8.50. The topological polar surface area (TPSA) is 102 Å². The van der Waals surface area contributed by atoms with Crippen LogP contribution in [0, 0.1) is 0 Å². The molecule has 8 heteroatoms. The molecule has 1 heterocycles. The SMILES string of the molecule is CCOC(=O)C1(S(N)(=O)=O)C=NN(C)C1. The quantitative estimate of drug-likeness (QED) is 0.600. The van der Waals surface area contributed by atoms with Gasteiger partial charge in [0.05, 0.1) is 19.4 Å². The first-order valence-corrected chi connectivity index (χ1v) is 5.84. The average molecular weight is 235 g/mol. The second-order valence-corrected chi connectivity index (χ2v) is 5.03. The minimum absolute atomic E-state index is 0.0909. The third kappa shape index (κ3) is 1.95. The number of sulfonamides is 1. The van der Waals surface area contributed by atoms with Crippen molar-refractivity contribution in [3.63, 3.8) is 0 Å². The van der Waals surface area contributed by atoms with Crippen LogP contribution in [-0.4, -0.2) is 50.6 Å². The highest BCUT2D eigenvalue weighted by molar-refractivity contribution is 7.92. The molecule has 0 fully saturated rings. The molecule has 1 atom stereocenters. The Morgan fingerprint density at radius 3 is 2.67 bits per heavy atom. The smallest absolute Gasteiger partial charge is 0.336 e. The summed E-state index contributed by atoms with van der Waals surface area (Å²) in [6, 6.07) is 0. The van der Waals surface area contributed by atoms with Gasteiger partial charge in [-0.25, -0.2) is 18.4 Å². The van der Waals surface area contributed by atoms with E-state index in [1.807, 2.05) is 0 Å². The van der Waals surface area contributed by atoms with Gasteiger partial charge in [-0.3, -0.25) is 5.01 Å². The highest BCUT2D eigenvalue weighted by Crippen LogP contribution is 2.21. The molecule has 1 unspecified atom stereocenters. The Morgan fingerprint density at radius 2 is 2.33 bits per heavy atom. The van der Waals surface area contributed by atoms with Gasteiger partial charge in [-0.2, -0.15) is 5.10 Å². The maximum atomic E-state index is 11.6. The van der Waals surface area contributed by atoms with Crippen molar-refractivity contribution in [1.82, 2.24) is 5.01 Å². The number of hydrogen-bond acceptors (Lipinski definition) is 6. The minimum atomic E-state index is -4.08. The molecule has 1 aliphatic rings. The number of ether oxygens (including phenoxy) is 1. The Morgan fingerprint density at radius 1 is 1.73 bits per heavy atom. The van der Waals surface area contributed by atoms with E-state index in [1.54, 1.807) is 14.0 Å². The van der Waals surface area contributed by atoms with Gasteiger partial charge < -0.3 is 4.74 Å². The van der Waals surface area contributed by atoms with E-state index in [4.69, 9.17) is 5.14 Å². The van der Waals surface area contributed by atoms with Gasteiger partial charge in [0, 0.05) is 7.05 Å². The van der Waals surface area contributed by atoms with Gasteiger partial charge in [0.25, 0.3) is 0 Å². The van der Waals surface area contributed by atoms with Crippen LogP contribution in [0.4, 0.5) is 0 Å². The van der Waals surface area contributed by atoms with Crippen molar-refractivity contribution in [3.8, 4) is 0 Å². The number of primary sulfonamides is 1. The summed E-state index contributed by atoms with van der Waals surface area (Å²) in [6.45, 7) is 1.56. The molecule has 2 N–H and O–H groups in total. The van der Waals surface area contributed by atoms with Gasteiger partial charge in [0.15, 0.2) is 0 Å². The molecule has 0 aromatic carbocycles. The van der Waals surface area contributed by atoms with Crippen LogP contribution < -0.4 is 5.14 Å². The number of hydrogen-bond donors (Lipinski definition) is 1. The lowest BCUT2D eigenvalue weighted by atomic mass is 10.1. The minimum Gasteiger partial charge on any atom is -0.464 e. The molecule has 0 amide bonds. The fourth-order valence-corrected chi connectivity index (χ4v) is 2.12. The summed E-state index contributed by atoms with van der Waals surface area (Å²) in [6.07, 6.45) is 1.01. The number of nitrogens with two attached hydrogens (primary N) is 1. The molecule has 0 saturated heterocycles. The monoisotopic (exact) mass is 235 g/mol. The van der Waals surface area contributed by atoms with E-state index in [0.717, 1.165) is 6.21 Å². The predicted octanol–water partition coefficient (Wildman–Crippen LogP) is -1.49. The van der Waals surface area contributed by atoms with E-state index < -0.39 is 20.7 Å². The number of rotatable bonds is 3. The maximum Gasteiger partial charge on any atom is 0.336 e. The van der Waals surface area contributed by atoms with E-state index in [-0.39, 0.29) is 13.2 Å². The van der Waals surface area contributed by atoms with Crippen LogP contribution in [0.15, 0.2) is 5.10 Å². The lowest BCUT2D eigenvalue weighted by Gasteiger charge is -2.21. The van der Waals surface area contributed by atoms with Gasteiger partial charge in [0.2, 0.25) is 14.8 Å². The highest BCUT2D eigenvalue weighted by atomic mass is 32.2. The first-order valence-electron chi connectivity index (χ1n) is 4.29. The summed E-state index contributed by atoms with van der Waals surface area (Å²) >= 11 is 0. The average Bonchev–Trinajstić information content (AvgIpc) is 2.48. The summed E-state index contributed by atoms with van der Waals surface area (Å²) in [5.74, 6) is -0.888. The Kier molecular flexibility index (Phi) is 3.00. The Balaban J connectivity index is 3.11. The molecule has 0 radical (unpaired) electrons. The zero-order chi connectivity index (χ0) is 11.7. The van der Waals surface area contributed by atoms with Crippen LogP contribution >= 0.6 is 0 Å². The van der Waals surface area contributed by atoms with E-state index in [9.17, 15) is 13.2 Å². The predicted molar refractivity (Wildman–Crippen MR) is 53.6 cm³/mol. The van der Waals surface area contributed by atoms with E-state index in [0.29, 0.717) is 0 Å². The fraction of sp³-hybridized carbons (Fsp3) is 0.714. The molecular weight excluding hydrogens is 222 g/mol. The largest absolute Gasteiger partial charge is 0.464 e. The first kappa shape index (κ1) is 11.9. The molecule has 7 nitrogen and oxygen atoms in total. The summed E-state index contributed by atoms with van der Waals surface area (Å²) in [4.78, 5) is 11.6. The van der Waals surface area contributed by atoms with Crippen LogP contribution in [0.2, 0.25) is 0 Å². The second kappa shape index (κ2) is 3.78. The molecule has 86 valence electrons. The van der Waals surface area contributed by atoms with Crippen molar-refractivity contribution < 1.29 is 17.9 Å².